The number of hydrogen-bond acceptors (Lipinski definition) is 2. The Morgan fingerprint density at radius 2 is 2.14 bits per heavy atom. The quantitative estimate of drug-likeness (QED) is 0.809. The Bertz CT molecular complexity index is 260. The fourth-order valence-electron chi connectivity index (χ4n) is 2.52. The van der Waals surface area contributed by atoms with Crippen LogP contribution in [0, 0.1) is 5.41 Å². The zero-order valence-corrected chi connectivity index (χ0v) is 9.48. The SMILES string of the molecule is NCC1(CCc2cccs2)CCCC1. The lowest BCUT2D eigenvalue weighted by atomic mass is 9.81. The van der Waals surface area contributed by atoms with Gasteiger partial charge in [-0.1, -0.05) is 18.9 Å². The fourth-order valence-corrected chi connectivity index (χ4v) is 3.23. The summed E-state index contributed by atoms with van der Waals surface area (Å²) in [4.78, 5) is 1.52. The zero-order chi connectivity index (χ0) is 9.86. The van der Waals surface area contributed by atoms with E-state index < -0.39 is 0 Å². The molecule has 0 radical (unpaired) electrons. The summed E-state index contributed by atoms with van der Waals surface area (Å²) in [5.41, 5.74) is 6.40. The standard InChI is InChI=1S/C12H19NS/c13-10-12(6-1-2-7-12)8-5-11-4-3-9-14-11/h3-4,9H,1-2,5-8,10,13H2. The highest BCUT2D eigenvalue weighted by molar-refractivity contribution is 7.09. The van der Waals surface area contributed by atoms with Gasteiger partial charge in [0.15, 0.2) is 0 Å². The van der Waals surface area contributed by atoms with Crippen LogP contribution in [0.5, 0.6) is 0 Å². The van der Waals surface area contributed by atoms with Crippen molar-refractivity contribution in [3.63, 3.8) is 0 Å². The Labute approximate surface area is 90.3 Å². The van der Waals surface area contributed by atoms with Crippen LogP contribution >= 0.6 is 11.3 Å². The lowest BCUT2D eigenvalue weighted by molar-refractivity contribution is 0.284. The molecular formula is C12H19NS. The van der Waals surface area contributed by atoms with Gasteiger partial charge in [-0.25, -0.2) is 0 Å². The van der Waals surface area contributed by atoms with Crippen LogP contribution in [0.15, 0.2) is 17.5 Å². The molecule has 1 aromatic rings. The van der Waals surface area contributed by atoms with E-state index in [0.717, 1.165) is 6.54 Å². The lowest BCUT2D eigenvalue weighted by Gasteiger charge is -2.26. The molecule has 0 atom stereocenters. The summed E-state index contributed by atoms with van der Waals surface area (Å²) < 4.78 is 0. The highest BCUT2D eigenvalue weighted by atomic mass is 32.1. The predicted molar refractivity (Wildman–Crippen MR) is 62.6 cm³/mol. The number of hydrogen-bond donors (Lipinski definition) is 1. The Hall–Kier alpha value is -0.340. The van der Waals surface area contributed by atoms with E-state index in [-0.39, 0.29) is 0 Å². The first-order chi connectivity index (χ1) is 6.85. The molecule has 1 aliphatic rings. The van der Waals surface area contributed by atoms with E-state index in [1.54, 1.807) is 0 Å². The molecule has 1 nitrogen and oxygen atoms in total. The van der Waals surface area contributed by atoms with Crippen LogP contribution in [0.1, 0.15) is 37.0 Å². The predicted octanol–water partition coefficient (Wildman–Crippen LogP) is 3.20. The van der Waals surface area contributed by atoms with E-state index in [9.17, 15) is 0 Å². The van der Waals surface area contributed by atoms with E-state index in [4.69, 9.17) is 5.73 Å². The van der Waals surface area contributed by atoms with Crippen molar-refractivity contribution in [1.82, 2.24) is 0 Å². The summed E-state index contributed by atoms with van der Waals surface area (Å²) >= 11 is 1.87. The van der Waals surface area contributed by atoms with Gasteiger partial charge in [0.05, 0.1) is 0 Å². The summed E-state index contributed by atoms with van der Waals surface area (Å²) in [5.74, 6) is 0. The van der Waals surface area contributed by atoms with E-state index in [0.29, 0.717) is 5.41 Å². The van der Waals surface area contributed by atoms with Gasteiger partial charge in [0.2, 0.25) is 0 Å². The largest absolute Gasteiger partial charge is 0.330 e. The van der Waals surface area contributed by atoms with Gasteiger partial charge < -0.3 is 5.73 Å². The Kier molecular flexibility index (Phi) is 3.24. The molecule has 0 bridgehead atoms. The van der Waals surface area contributed by atoms with Crippen molar-refractivity contribution in [2.24, 2.45) is 11.1 Å². The maximum atomic E-state index is 5.91. The molecule has 2 N–H and O–H groups in total. The Morgan fingerprint density at radius 3 is 2.71 bits per heavy atom. The molecule has 1 aromatic heterocycles. The second kappa shape index (κ2) is 4.45. The fraction of sp³-hybridized carbons (Fsp3) is 0.667. The smallest absolute Gasteiger partial charge is 0.00454 e. The summed E-state index contributed by atoms with van der Waals surface area (Å²) in [6.07, 6.45) is 8.02. The van der Waals surface area contributed by atoms with Gasteiger partial charge in [0.1, 0.15) is 0 Å². The molecule has 0 amide bonds. The first-order valence-electron chi connectivity index (χ1n) is 5.57. The van der Waals surface area contributed by atoms with Gasteiger partial charge >= 0.3 is 0 Å². The Morgan fingerprint density at radius 1 is 1.36 bits per heavy atom. The number of rotatable bonds is 4. The topological polar surface area (TPSA) is 26.0 Å². The summed E-state index contributed by atoms with van der Waals surface area (Å²) in [6, 6.07) is 4.38. The lowest BCUT2D eigenvalue weighted by Crippen LogP contribution is -2.27. The molecule has 1 saturated carbocycles. The molecular weight excluding hydrogens is 190 g/mol. The average molecular weight is 209 g/mol. The molecule has 14 heavy (non-hydrogen) atoms. The van der Waals surface area contributed by atoms with Gasteiger partial charge in [-0.15, -0.1) is 11.3 Å². The summed E-state index contributed by atoms with van der Waals surface area (Å²) in [6.45, 7) is 0.887. The van der Waals surface area contributed by atoms with Gasteiger partial charge in [-0.05, 0) is 49.1 Å². The van der Waals surface area contributed by atoms with Gasteiger partial charge in [-0.2, -0.15) is 0 Å². The molecule has 0 spiro atoms. The van der Waals surface area contributed by atoms with E-state index in [1.165, 1.54) is 43.4 Å². The molecule has 1 heterocycles. The van der Waals surface area contributed by atoms with Crippen molar-refractivity contribution >= 4 is 11.3 Å². The minimum Gasteiger partial charge on any atom is -0.330 e. The van der Waals surface area contributed by atoms with Crippen LogP contribution in [0.25, 0.3) is 0 Å². The highest BCUT2D eigenvalue weighted by Gasteiger charge is 2.31. The minimum atomic E-state index is 0.490. The summed E-state index contributed by atoms with van der Waals surface area (Å²) in [5, 5.41) is 2.17. The molecule has 2 rings (SSSR count). The number of thiophene rings is 1. The molecule has 2 heteroatoms. The van der Waals surface area contributed by atoms with Crippen molar-refractivity contribution < 1.29 is 0 Å². The highest BCUT2D eigenvalue weighted by Crippen LogP contribution is 2.41. The monoisotopic (exact) mass is 209 g/mol. The molecule has 1 fully saturated rings. The molecule has 0 saturated heterocycles. The first-order valence-corrected chi connectivity index (χ1v) is 6.45. The van der Waals surface area contributed by atoms with Crippen LogP contribution < -0.4 is 5.73 Å². The van der Waals surface area contributed by atoms with Crippen molar-refractivity contribution in [2.45, 2.75) is 38.5 Å². The van der Waals surface area contributed by atoms with Gasteiger partial charge in [0, 0.05) is 4.88 Å². The van der Waals surface area contributed by atoms with E-state index in [2.05, 4.69) is 17.5 Å². The van der Waals surface area contributed by atoms with E-state index in [1.807, 2.05) is 11.3 Å². The molecule has 78 valence electrons. The van der Waals surface area contributed by atoms with Crippen LogP contribution in [0.2, 0.25) is 0 Å². The third kappa shape index (κ3) is 2.18. The second-order valence-electron chi connectivity index (χ2n) is 4.49. The van der Waals surface area contributed by atoms with Crippen molar-refractivity contribution in [1.29, 1.82) is 0 Å². The minimum absolute atomic E-state index is 0.490. The average Bonchev–Trinajstić information content (AvgIpc) is 2.87. The van der Waals surface area contributed by atoms with Gasteiger partial charge in [0.25, 0.3) is 0 Å². The number of nitrogens with two attached hydrogens (primary N) is 1. The molecule has 0 aromatic carbocycles. The van der Waals surface area contributed by atoms with Crippen LogP contribution in [-0.4, -0.2) is 6.54 Å². The van der Waals surface area contributed by atoms with Crippen LogP contribution in [0.4, 0.5) is 0 Å². The van der Waals surface area contributed by atoms with Crippen molar-refractivity contribution in [3.05, 3.63) is 22.4 Å². The van der Waals surface area contributed by atoms with Crippen molar-refractivity contribution in [3.8, 4) is 0 Å². The normalized spacial score (nSPS) is 20.1. The third-order valence-electron chi connectivity index (χ3n) is 3.58. The van der Waals surface area contributed by atoms with Crippen molar-refractivity contribution in [2.75, 3.05) is 6.54 Å². The maximum Gasteiger partial charge on any atom is 0.00454 e. The number of aryl methyl sites for hydroxylation is 1. The van der Waals surface area contributed by atoms with Crippen LogP contribution in [0.3, 0.4) is 0 Å². The Balaban J connectivity index is 1.89. The summed E-state index contributed by atoms with van der Waals surface area (Å²) in [7, 11) is 0. The van der Waals surface area contributed by atoms with E-state index >= 15 is 0 Å². The zero-order valence-electron chi connectivity index (χ0n) is 8.67. The van der Waals surface area contributed by atoms with Crippen LogP contribution in [-0.2, 0) is 6.42 Å². The van der Waals surface area contributed by atoms with Gasteiger partial charge in [-0.3, -0.25) is 0 Å². The first kappa shape index (κ1) is 10.2. The second-order valence-corrected chi connectivity index (χ2v) is 5.52. The molecule has 0 unspecified atom stereocenters. The maximum absolute atomic E-state index is 5.91. The molecule has 1 aliphatic carbocycles. The third-order valence-corrected chi connectivity index (χ3v) is 4.52. The molecule has 0 aliphatic heterocycles.